The molecule has 0 saturated carbocycles. The summed E-state index contributed by atoms with van der Waals surface area (Å²) in [7, 11) is 0. The molecule has 0 unspecified atom stereocenters. The van der Waals surface area contributed by atoms with Crippen LogP contribution in [0.3, 0.4) is 0 Å². The zero-order chi connectivity index (χ0) is 36.7. The summed E-state index contributed by atoms with van der Waals surface area (Å²) in [6, 6.07) is -1.35. The van der Waals surface area contributed by atoms with Crippen LogP contribution in [0, 0.1) is 5.92 Å². The first kappa shape index (κ1) is 39.7. The molecule has 2 rings (SSSR count). The molecule has 0 bridgehead atoms. The number of nitrogens with one attached hydrogen (secondary N) is 6. The standard InChI is InChI=1S/C30H46N10O9/c1-3-15(2)24-29(49)35-13-23(44)36-21(14-41)28(48)37-18(5-4-10-34-30(32)33)25(45)39-20(12-22(31)43)26(46)38-19(27(47)40-24)11-16-6-8-17(42)9-7-16/h6-9,15,18-21,24,41-42H,3-5,10-14H2,1-2H3,(H2,31,43)(H,35,49)(H,36,44)(H,37,48)(H,38,46)(H,39,45)(H,40,47)(H4,32,33,34)/t15-,18-,19-,20-,21-,24-/m0/s1. The number of aromatic hydroxyl groups is 1. The lowest BCUT2D eigenvalue weighted by molar-refractivity contribution is -0.137. The van der Waals surface area contributed by atoms with Crippen LogP contribution < -0.4 is 49.1 Å². The molecule has 14 N–H and O–H groups in total. The van der Waals surface area contributed by atoms with Gasteiger partial charge < -0.3 is 59.3 Å². The van der Waals surface area contributed by atoms with Crippen molar-refractivity contribution in [3.8, 4) is 5.75 Å². The maximum Gasteiger partial charge on any atom is 0.245 e. The lowest BCUT2D eigenvalue weighted by Gasteiger charge is -2.28. The van der Waals surface area contributed by atoms with Crippen LogP contribution in [0.5, 0.6) is 5.75 Å². The molecule has 270 valence electrons. The topological polar surface area (TPSA) is 323 Å². The SMILES string of the molecule is CC[C@H](C)[C@@H]1NC(=O)[C@H](Cc2ccc(O)cc2)NC(=O)[C@H](CC(N)=O)NC(=O)[C@H](CCCN=C(N)N)NC(=O)[C@H](CO)NC(=O)CNC1=O. The number of aliphatic imine (C=N–C) groups is 1. The number of carbonyl (C=O) groups is 7. The average Bonchev–Trinajstić information content (AvgIpc) is 3.05. The zero-order valence-electron chi connectivity index (χ0n) is 27.4. The molecule has 1 fully saturated rings. The van der Waals surface area contributed by atoms with E-state index in [1.165, 1.54) is 24.3 Å². The Morgan fingerprint density at radius 3 is 2.00 bits per heavy atom. The highest BCUT2D eigenvalue weighted by atomic mass is 16.3. The van der Waals surface area contributed by atoms with Gasteiger partial charge in [0.25, 0.3) is 0 Å². The number of hydrogen-bond acceptors (Lipinski definition) is 10. The van der Waals surface area contributed by atoms with Crippen LogP contribution in [-0.2, 0) is 40.0 Å². The Kier molecular flexibility index (Phi) is 15.7. The summed E-state index contributed by atoms with van der Waals surface area (Å²) < 4.78 is 0. The molecule has 0 radical (unpaired) electrons. The van der Waals surface area contributed by atoms with E-state index in [9.17, 15) is 43.8 Å². The molecule has 0 aliphatic carbocycles. The number of hydrogen-bond donors (Lipinski definition) is 11. The van der Waals surface area contributed by atoms with Gasteiger partial charge >= 0.3 is 0 Å². The highest BCUT2D eigenvalue weighted by molar-refractivity contribution is 5.98. The van der Waals surface area contributed by atoms with E-state index in [2.05, 4.69) is 36.9 Å². The van der Waals surface area contributed by atoms with E-state index in [4.69, 9.17) is 17.2 Å². The quantitative estimate of drug-likeness (QED) is 0.0597. The summed E-state index contributed by atoms with van der Waals surface area (Å²) in [5.74, 6) is -6.99. The third-order valence-electron chi connectivity index (χ3n) is 7.68. The number of nitrogens with two attached hydrogens (primary N) is 3. The minimum absolute atomic E-state index is 0.0472. The Labute approximate surface area is 282 Å². The van der Waals surface area contributed by atoms with E-state index < -0.39 is 97.0 Å². The normalized spacial score (nSPS) is 23.6. The fraction of sp³-hybridized carbons (Fsp3) is 0.533. The highest BCUT2D eigenvalue weighted by Crippen LogP contribution is 2.14. The fourth-order valence-electron chi connectivity index (χ4n) is 4.75. The van der Waals surface area contributed by atoms with Gasteiger partial charge in [-0.1, -0.05) is 32.4 Å². The Bertz CT molecular complexity index is 1380. The van der Waals surface area contributed by atoms with Gasteiger partial charge in [-0.15, -0.1) is 0 Å². The van der Waals surface area contributed by atoms with Crippen molar-refractivity contribution in [3.63, 3.8) is 0 Å². The first-order valence-electron chi connectivity index (χ1n) is 15.7. The third kappa shape index (κ3) is 13.3. The molecule has 1 aromatic carbocycles. The number of benzene rings is 1. The predicted molar refractivity (Wildman–Crippen MR) is 175 cm³/mol. The molecular weight excluding hydrogens is 644 g/mol. The Morgan fingerprint density at radius 1 is 0.837 bits per heavy atom. The van der Waals surface area contributed by atoms with Gasteiger partial charge in [-0.2, -0.15) is 0 Å². The van der Waals surface area contributed by atoms with Crippen LogP contribution in [0.2, 0.25) is 0 Å². The lowest BCUT2D eigenvalue weighted by Crippen LogP contribution is -2.61. The van der Waals surface area contributed by atoms with Crippen LogP contribution in [0.4, 0.5) is 0 Å². The smallest absolute Gasteiger partial charge is 0.245 e. The summed E-state index contributed by atoms with van der Waals surface area (Å²) in [4.78, 5) is 95.6. The molecule has 49 heavy (non-hydrogen) atoms. The fourth-order valence-corrected chi connectivity index (χ4v) is 4.75. The van der Waals surface area contributed by atoms with Crippen molar-refractivity contribution in [2.45, 2.75) is 76.2 Å². The molecule has 1 aliphatic heterocycles. The first-order chi connectivity index (χ1) is 23.1. The van der Waals surface area contributed by atoms with E-state index in [-0.39, 0.29) is 37.5 Å². The number of phenolic OH excluding ortho intramolecular Hbond substituents is 1. The molecule has 1 heterocycles. The summed E-state index contributed by atoms with van der Waals surface area (Å²) in [5, 5.41) is 34.1. The van der Waals surface area contributed by atoms with Gasteiger partial charge in [-0.25, -0.2) is 0 Å². The van der Waals surface area contributed by atoms with E-state index >= 15 is 0 Å². The molecule has 7 amide bonds. The van der Waals surface area contributed by atoms with Crippen molar-refractivity contribution in [2.24, 2.45) is 28.1 Å². The second kappa shape index (κ2) is 19.4. The highest BCUT2D eigenvalue weighted by Gasteiger charge is 2.34. The number of guanidine groups is 1. The third-order valence-corrected chi connectivity index (χ3v) is 7.68. The molecule has 6 atom stereocenters. The Hall–Kier alpha value is -5.46. The van der Waals surface area contributed by atoms with E-state index in [0.29, 0.717) is 12.0 Å². The van der Waals surface area contributed by atoms with Crippen molar-refractivity contribution in [2.75, 3.05) is 19.7 Å². The molecule has 19 nitrogen and oxygen atoms in total. The minimum Gasteiger partial charge on any atom is -0.508 e. The van der Waals surface area contributed by atoms with Crippen LogP contribution in [-0.4, -0.2) is 107 Å². The molecule has 1 aromatic rings. The predicted octanol–water partition coefficient (Wildman–Crippen LogP) is -4.54. The molecule has 0 spiro atoms. The molecule has 19 heteroatoms. The summed E-state index contributed by atoms with van der Waals surface area (Å²) in [6.07, 6.45) is -0.362. The number of aliphatic hydroxyl groups excluding tert-OH is 1. The van der Waals surface area contributed by atoms with E-state index in [1.54, 1.807) is 13.8 Å². The number of phenols is 1. The van der Waals surface area contributed by atoms with E-state index in [1.807, 2.05) is 0 Å². The van der Waals surface area contributed by atoms with Gasteiger partial charge in [0.05, 0.1) is 19.6 Å². The second-order valence-corrected chi connectivity index (χ2v) is 11.6. The number of rotatable bonds is 11. The summed E-state index contributed by atoms with van der Waals surface area (Å²) >= 11 is 0. The van der Waals surface area contributed by atoms with Gasteiger partial charge in [-0.3, -0.25) is 38.6 Å². The first-order valence-corrected chi connectivity index (χ1v) is 15.7. The van der Waals surface area contributed by atoms with Crippen LogP contribution in [0.15, 0.2) is 29.3 Å². The second-order valence-electron chi connectivity index (χ2n) is 11.6. The Balaban J connectivity index is 2.56. The van der Waals surface area contributed by atoms with Gasteiger partial charge in [0.15, 0.2) is 5.96 Å². The average molecular weight is 691 g/mol. The molecule has 1 saturated heterocycles. The van der Waals surface area contributed by atoms with Gasteiger partial charge in [0.1, 0.15) is 36.0 Å². The zero-order valence-corrected chi connectivity index (χ0v) is 27.4. The molecular formula is C30H46N10O9. The van der Waals surface area contributed by atoms with Gasteiger partial charge in [0.2, 0.25) is 41.4 Å². The monoisotopic (exact) mass is 690 g/mol. The maximum absolute atomic E-state index is 13.7. The molecule has 1 aliphatic rings. The van der Waals surface area contributed by atoms with Crippen LogP contribution >= 0.6 is 0 Å². The largest absolute Gasteiger partial charge is 0.508 e. The number of primary amides is 1. The van der Waals surface area contributed by atoms with Crippen molar-refractivity contribution in [1.29, 1.82) is 0 Å². The Morgan fingerprint density at radius 2 is 1.41 bits per heavy atom. The summed E-state index contributed by atoms with van der Waals surface area (Å²) in [6.45, 7) is 2.00. The van der Waals surface area contributed by atoms with Crippen molar-refractivity contribution in [3.05, 3.63) is 29.8 Å². The lowest BCUT2D eigenvalue weighted by atomic mass is 9.97. The number of aliphatic hydroxyl groups is 1. The van der Waals surface area contributed by atoms with Crippen LogP contribution in [0.1, 0.15) is 45.1 Å². The van der Waals surface area contributed by atoms with Crippen molar-refractivity contribution < 1.29 is 43.8 Å². The summed E-state index contributed by atoms with van der Waals surface area (Å²) in [5.41, 5.74) is 16.6. The number of nitrogens with zero attached hydrogens (tertiary/aromatic N) is 1. The van der Waals surface area contributed by atoms with Crippen molar-refractivity contribution in [1.82, 2.24) is 31.9 Å². The maximum atomic E-state index is 13.7. The van der Waals surface area contributed by atoms with E-state index in [0.717, 1.165) is 0 Å². The van der Waals surface area contributed by atoms with Crippen molar-refractivity contribution >= 4 is 47.3 Å². The number of amides is 7. The molecule has 0 aromatic heterocycles. The number of carbonyl (C=O) groups excluding carboxylic acids is 7. The minimum atomic E-state index is -1.63. The van der Waals surface area contributed by atoms with Gasteiger partial charge in [-0.05, 0) is 36.5 Å². The van der Waals surface area contributed by atoms with Crippen LogP contribution in [0.25, 0.3) is 0 Å². The van der Waals surface area contributed by atoms with Gasteiger partial charge in [0, 0.05) is 13.0 Å².